The zero-order chi connectivity index (χ0) is 14.8. The van der Waals surface area contributed by atoms with Gasteiger partial charge in [-0.15, -0.1) is 0 Å². The Hall–Kier alpha value is -2.82. The Bertz CT molecular complexity index is 808. The number of hydrogen-bond donors (Lipinski definition) is 1. The van der Waals surface area contributed by atoms with Crippen LogP contribution in [-0.4, -0.2) is 20.5 Å². The van der Waals surface area contributed by atoms with E-state index in [4.69, 9.17) is 9.84 Å². The molecule has 0 spiro atoms. The summed E-state index contributed by atoms with van der Waals surface area (Å²) in [5.74, 6) is -0.140. The monoisotopic (exact) mass is 282 g/mol. The molecule has 1 aromatic carbocycles. The normalized spacial score (nSPS) is 10.7. The molecule has 0 saturated carbocycles. The van der Waals surface area contributed by atoms with E-state index in [9.17, 15) is 4.79 Å². The first-order chi connectivity index (χ1) is 10.1. The molecule has 0 bridgehead atoms. The number of para-hydroxylation sites is 1. The number of aryl methyl sites for hydroxylation is 1. The number of rotatable bonds is 4. The summed E-state index contributed by atoms with van der Waals surface area (Å²) in [4.78, 5) is 15.3. The fourth-order valence-electron chi connectivity index (χ4n) is 2.11. The second-order valence-electron chi connectivity index (χ2n) is 4.77. The first-order valence-corrected chi connectivity index (χ1v) is 6.53. The van der Waals surface area contributed by atoms with E-state index in [1.54, 1.807) is 22.7 Å². The molecule has 106 valence electrons. The van der Waals surface area contributed by atoms with Crippen LogP contribution in [-0.2, 0) is 6.61 Å². The van der Waals surface area contributed by atoms with Gasteiger partial charge in [0.05, 0.1) is 11.3 Å². The molecule has 21 heavy (non-hydrogen) atoms. The van der Waals surface area contributed by atoms with Gasteiger partial charge in [0.2, 0.25) is 0 Å². The summed E-state index contributed by atoms with van der Waals surface area (Å²) >= 11 is 0. The topological polar surface area (TPSA) is 63.8 Å². The van der Waals surface area contributed by atoms with E-state index >= 15 is 0 Å². The number of pyridine rings is 1. The lowest BCUT2D eigenvalue weighted by Gasteiger charge is -2.06. The van der Waals surface area contributed by atoms with Crippen molar-refractivity contribution in [1.82, 2.24) is 9.38 Å². The van der Waals surface area contributed by atoms with Crippen LogP contribution in [0.2, 0.25) is 0 Å². The fourth-order valence-corrected chi connectivity index (χ4v) is 2.11. The molecular weight excluding hydrogens is 268 g/mol. The van der Waals surface area contributed by atoms with E-state index in [1.807, 2.05) is 37.4 Å². The first kappa shape index (κ1) is 13.2. The average Bonchev–Trinajstić information content (AvgIpc) is 2.88. The van der Waals surface area contributed by atoms with E-state index in [0.29, 0.717) is 12.3 Å². The highest BCUT2D eigenvalue weighted by Crippen LogP contribution is 2.18. The Morgan fingerprint density at radius 3 is 2.90 bits per heavy atom. The van der Waals surface area contributed by atoms with Crippen LogP contribution in [0.25, 0.3) is 5.65 Å². The third kappa shape index (κ3) is 2.72. The van der Waals surface area contributed by atoms with Gasteiger partial charge in [-0.1, -0.05) is 18.2 Å². The van der Waals surface area contributed by atoms with Crippen LogP contribution in [0, 0.1) is 6.92 Å². The van der Waals surface area contributed by atoms with Gasteiger partial charge in [0.15, 0.2) is 0 Å². The van der Waals surface area contributed by atoms with Crippen molar-refractivity contribution in [1.29, 1.82) is 0 Å². The van der Waals surface area contributed by atoms with Gasteiger partial charge in [-0.25, -0.2) is 9.78 Å². The Balaban J connectivity index is 1.82. The highest BCUT2D eigenvalue weighted by molar-refractivity contribution is 5.88. The van der Waals surface area contributed by atoms with Crippen LogP contribution in [0.5, 0.6) is 5.75 Å². The Morgan fingerprint density at radius 1 is 1.33 bits per heavy atom. The number of carboxylic acids is 1. The number of carbonyl (C=O) groups is 1. The molecule has 5 nitrogen and oxygen atoms in total. The molecule has 0 atom stereocenters. The predicted molar refractivity (Wildman–Crippen MR) is 77.7 cm³/mol. The lowest BCUT2D eigenvalue weighted by atomic mass is 10.2. The van der Waals surface area contributed by atoms with Gasteiger partial charge in [0.25, 0.3) is 0 Å². The van der Waals surface area contributed by atoms with Crippen LogP contribution >= 0.6 is 0 Å². The van der Waals surface area contributed by atoms with Gasteiger partial charge in [0.1, 0.15) is 18.0 Å². The highest BCUT2D eigenvalue weighted by Gasteiger charge is 2.07. The predicted octanol–water partition coefficient (Wildman–Crippen LogP) is 2.92. The summed E-state index contributed by atoms with van der Waals surface area (Å²) in [5, 5.41) is 8.97. The van der Waals surface area contributed by atoms with Crippen LogP contribution in [0.15, 0.2) is 48.8 Å². The van der Waals surface area contributed by atoms with E-state index in [1.165, 1.54) is 0 Å². The fraction of sp³-hybridized carbons (Fsp3) is 0.125. The maximum Gasteiger partial charge on any atom is 0.335 e. The average molecular weight is 282 g/mol. The molecular formula is C16H14N2O3. The van der Waals surface area contributed by atoms with Gasteiger partial charge in [-0.05, 0) is 30.7 Å². The molecule has 5 heteroatoms. The van der Waals surface area contributed by atoms with Gasteiger partial charge in [-0.3, -0.25) is 0 Å². The Morgan fingerprint density at radius 2 is 2.14 bits per heavy atom. The van der Waals surface area contributed by atoms with Crippen LogP contribution in [0.3, 0.4) is 0 Å². The van der Waals surface area contributed by atoms with Crippen molar-refractivity contribution >= 4 is 11.6 Å². The molecule has 1 N–H and O–H groups in total. The molecule has 0 aliphatic carbocycles. The molecule has 0 aliphatic rings. The van der Waals surface area contributed by atoms with Crippen LogP contribution in [0.4, 0.5) is 0 Å². The number of nitrogens with zero attached hydrogens (tertiary/aromatic N) is 2. The summed E-state index contributed by atoms with van der Waals surface area (Å²) in [6, 6.07) is 10.9. The van der Waals surface area contributed by atoms with E-state index in [-0.39, 0.29) is 5.56 Å². The zero-order valence-electron chi connectivity index (χ0n) is 11.5. The summed E-state index contributed by atoms with van der Waals surface area (Å²) < 4.78 is 7.52. The highest BCUT2D eigenvalue weighted by atomic mass is 16.5. The third-order valence-electron chi connectivity index (χ3n) is 3.23. The second-order valence-corrected chi connectivity index (χ2v) is 4.77. The molecule has 3 rings (SSSR count). The standard InChI is InChI=1S/C16H14N2O3/c1-11-4-2-3-5-14(11)21-10-13-9-18-7-6-12(16(19)20)8-15(18)17-13/h2-9H,10H2,1H3,(H,19,20). The lowest BCUT2D eigenvalue weighted by molar-refractivity contribution is 0.0697. The molecule has 2 aromatic heterocycles. The summed E-state index contributed by atoms with van der Waals surface area (Å²) in [6.07, 6.45) is 3.52. The Labute approximate surface area is 121 Å². The number of imidazole rings is 1. The largest absolute Gasteiger partial charge is 0.487 e. The third-order valence-corrected chi connectivity index (χ3v) is 3.23. The minimum Gasteiger partial charge on any atom is -0.487 e. The number of benzene rings is 1. The van der Waals surface area contributed by atoms with Gasteiger partial charge in [0, 0.05) is 12.4 Å². The summed E-state index contributed by atoms with van der Waals surface area (Å²) in [6.45, 7) is 2.33. The van der Waals surface area contributed by atoms with Crippen molar-refractivity contribution in [3.8, 4) is 5.75 Å². The quantitative estimate of drug-likeness (QED) is 0.799. The molecule has 0 unspecified atom stereocenters. The minimum atomic E-state index is -0.960. The minimum absolute atomic E-state index is 0.222. The number of ether oxygens (including phenoxy) is 1. The molecule has 3 aromatic rings. The van der Waals surface area contributed by atoms with Crippen LogP contribution in [0.1, 0.15) is 21.6 Å². The van der Waals surface area contributed by atoms with Crippen molar-refractivity contribution in [2.45, 2.75) is 13.5 Å². The van der Waals surface area contributed by atoms with Crippen molar-refractivity contribution < 1.29 is 14.6 Å². The zero-order valence-corrected chi connectivity index (χ0v) is 11.5. The number of aromatic nitrogens is 2. The molecule has 0 aliphatic heterocycles. The van der Waals surface area contributed by atoms with Crippen molar-refractivity contribution in [3.05, 3.63) is 65.6 Å². The van der Waals surface area contributed by atoms with Gasteiger partial charge >= 0.3 is 5.97 Å². The van der Waals surface area contributed by atoms with Gasteiger partial charge in [-0.2, -0.15) is 0 Å². The van der Waals surface area contributed by atoms with E-state index in [2.05, 4.69) is 4.98 Å². The van der Waals surface area contributed by atoms with E-state index in [0.717, 1.165) is 17.0 Å². The van der Waals surface area contributed by atoms with Gasteiger partial charge < -0.3 is 14.2 Å². The van der Waals surface area contributed by atoms with Crippen molar-refractivity contribution in [3.63, 3.8) is 0 Å². The lowest BCUT2D eigenvalue weighted by Crippen LogP contribution is -1.97. The smallest absolute Gasteiger partial charge is 0.335 e. The second kappa shape index (κ2) is 5.28. The van der Waals surface area contributed by atoms with Crippen molar-refractivity contribution in [2.24, 2.45) is 0 Å². The maximum absolute atomic E-state index is 10.9. The molecule has 0 radical (unpaired) electrons. The summed E-state index contributed by atoms with van der Waals surface area (Å²) in [5.41, 5.74) is 2.63. The Kier molecular flexibility index (Phi) is 3.31. The summed E-state index contributed by atoms with van der Waals surface area (Å²) in [7, 11) is 0. The molecule has 0 saturated heterocycles. The SMILES string of the molecule is Cc1ccccc1OCc1cn2ccc(C(=O)O)cc2n1. The molecule has 2 heterocycles. The maximum atomic E-state index is 10.9. The molecule has 0 fully saturated rings. The number of aromatic carboxylic acids is 1. The number of fused-ring (bicyclic) bond motifs is 1. The molecule has 0 amide bonds. The van der Waals surface area contributed by atoms with Crippen LogP contribution < -0.4 is 4.74 Å². The van der Waals surface area contributed by atoms with Crippen molar-refractivity contribution in [2.75, 3.05) is 0 Å². The van der Waals surface area contributed by atoms with E-state index < -0.39 is 5.97 Å². The number of carboxylic acid groups (broad SMARTS) is 1. The first-order valence-electron chi connectivity index (χ1n) is 6.53. The number of hydrogen-bond acceptors (Lipinski definition) is 3.